The van der Waals surface area contributed by atoms with Crippen molar-refractivity contribution in [3.8, 4) is 5.75 Å². The average molecular weight is 224 g/mol. The highest BCUT2D eigenvalue weighted by Crippen LogP contribution is 2.10. The van der Waals surface area contributed by atoms with Gasteiger partial charge in [0.05, 0.1) is 23.9 Å². The van der Waals surface area contributed by atoms with Gasteiger partial charge in [-0.1, -0.05) is 0 Å². The van der Waals surface area contributed by atoms with E-state index in [9.17, 15) is 9.90 Å². The molecule has 0 aliphatic rings. The van der Waals surface area contributed by atoms with Gasteiger partial charge in [-0.2, -0.15) is 0 Å². The molecule has 2 N–H and O–H groups in total. The van der Waals surface area contributed by atoms with Gasteiger partial charge in [0.15, 0.2) is 0 Å². The molecule has 0 aliphatic heterocycles. The summed E-state index contributed by atoms with van der Waals surface area (Å²) in [4.78, 5) is 15.5. The molecule has 0 saturated carbocycles. The first kappa shape index (κ1) is 12.4. The second-order valence-electron chi connectivity index (χ2n) is 4.20. The molecule has 0 spiro atoms. The van der Waals surface area contributed by atoms with Crippen LogP contribution in [0.1, 0.15) is 24.2 Å². The van der Waals surface area contributed by atoms with Crippen molar-refractivity contribution >= 4 is 5.91 Å². The molecule has 0 atom stereocenters. The summed E-state index contributed by atoms with van der Waals surface area (Å²) in [6.45, 7) is 4.11. The van der Waals surface area contributed by atoms with Crippen LogP contribution in [0.3, 0.4) is 0 Å². The molecule has 5 heteroatoms. The Morgan fingerprint density at radius 2 is 2.25 bits per heavy atom. The summed E-state index contributed by atoms with van der Waals surface area (Å²) in [6.07, 6.45) is 2.68. The number of nitrogens with zero attached hydrogens (tertiary/aromatic N) is 1. The lowest BCUT2D eigenvalue weighted by molar-refractivity contribution is 0.0819. The van der Waals surface area contributed by atoms with Gasteiger partial charge in [0.25, 0.3) is 5.91 Å². The van der Waals surface area contributed by atoms with Crippen LogP contribution in [0.25, 0.3) is 0 Å². The van der Waals surface area contributed by atoms with Crippen LogP contribution >= 0.6 is 0 Å². The lowest BCUT2D eigenvalue weighted by Gasteiger charge is -2.25. The van der Waals surface area contributed by atoms with E-state index in [0.717, 1.165) is 0 Å². The van der Waals surface area contributed by atoms with Crippen LogP contribution in [0, 0.1) is 0 Å². The molecular formula is C11H16N2O3. The number of nitrogens with one attached hydrogen (secondary N) is 1. The second-order valence-corrected chi connectivity index (χ2v) is 4.20. The monoisotopic (exact) mass is 224 g/mol. The van der Waals surface area contributed by atoms with E-state index in [1.807, 2.05) is 13.8 Å². The standard InChI is InChI=1S/C11H16N2O3/c1-11(2,7-16-3)13-10(15)8-4-9(14)6-12-5-8/h4-6,14H,7H2,1-3H3,(H,13,15). The van der Waals surface area contributed by atoms with E-state index in [-0.39, 0.29) is 11.7 Å². The van der Waals surface area contributed by atoms with E-state index in [1.54, 1.807) is 7.11 Å². The van der Waals surface area contributed by atoms with E-state index in [1.165, 1.54) is 18.5 Å². The predicted octanol–water partition coefficient (Wildman–Crippen LogP) is 0.942. The number of pyridine rings is 1. The number of hydrogen-bond acceptors (Lipinski definition) is 4. The highest BCUT2D eigenvalue weighted by atomic mass is 16.5. The van der Waals surface area contributed by atoms with Crippen molar-refractivity contribution in [2.45, 2.75) is 19.4 Å². The first-order chi connectivity index (χ1) is 7.44. The molecule has 1 aromatic rings. The predicted molar refractivity (Wildman–Crippen MR) is 59.3 cm³/mol. The van der Waals surface area contributed by atoms with Crippen molar-refractivity contribution in [1.82, 2.24) is 10.3 Å². The number of methoxy groups -OCH3 is 1. The van der Waals surface area contributed by atoms with Gasteiger partial charge in [0, 0.05) is 13.3 Å². The Bertz CT molecular complexity index is 377. The second kappa shape index (κ2) is 4.94. The lowest BCUT2D eigenvalue weighted by atomic mass is 10.1. The van der Waals surface area contributed by atoms with Crippen molar-refractivity contribution in [2.75, 3.05) is 13.7 Å². The molecule has 0 radical (unpaired) electrons. The van der Waals surface area contributed by atoms with Gasteiger partial charge in [-0.25, -0.2) is 0 Å². The fourth-order valence-corrected chi connectivity index (χ4v) is 1.33. The summed E-state index contributed by atoms with van der Waals surface area (Å²) in [5.41, 5.74) is -0.138. The number of ether oxygens (including phenoxy) is 1. The molecule has 88 valence electrons. The largest absolute Gasteiger partial charge is 0.506 e. The molecule has 1 amide bonds. The summed E-state index contributed by atoms with van der Waals surface area (Å²) in [7, 11) is 1.57. The Morgan fingerprint density at radius 1 is 1.56 bits per heavy atom. The first-order valence-electron chi connectivity index (χ1n) is 4.90. The van der Waals surface area contributed by atoms with Gasteiger partial charge in [-0.05, 0) is 19.9 Å². The van der Waals surface area contributed by atoms with Crippen LogP contribution in [0.15, 0.2) is 18.5 Å². The van der Waals surface area contributed by atoms with Crippen molar-refractivity contribution < 1.29 is 14.6 Å². The SMILES string of the molecule is COCC(C)(C)NC(=O)c1cncc(O)c1. The summed E-state index contributed by atoms with van der Waals surface area (Å²) in [5, 5.41) is 12.0. The van der Waals surface area contributed by atoms with Gasteiger partial charge in [0.2, 0.25) is 0 Å². The molecule has 0 aromatic carbocycles. The van der Waals surface area contributed by atoms with Crippen LogP contribution in [0.4, 0.5) is 0 Å². The Labute approximate surface area is 94.5 Å². The average Bonchev–Trinajstić information content (AvgIpc) is 2.16. The summed E-state index contributed by atoms with van der Waals surface area (Å²) in [5.74, 6) is -0.317. The zero-order chi connectivity index (χ0) is 12.2. The van der Waals surface area contributed by atoms with Crippen LogP contribution in [-0.2, 0) is 4.74 Å². The summed E-state index contributed by atoms with van der Waals surface area (Å²) in [6, 6.07) is 1.37. The Kier molecular flexibility index (Phi) is 3.84. The van der Waals surface area contributed by atoms with Crippen molar-refractivity contribution in [1.29, 1.82) is 0 Å². The van der Waals surface area contributed by atoms with E-state index < -0.39 is 5.54 Å². The molecule has 0 saturated heterocycles. The van der Waals surface area contributed by atoms with E-state index in [2.05, 4.69) is 10.3 Å². The minimum Gasteiger partial charge on any atom is -0.506 e. The van der Waals surface area contributed by atoms with E-state index in [0.29, 0.717) is 12.2 Å². The normalized spacial score (nSPS) is 11.2. The molecule has 0 unspecified atom stereocenters. The minimum atomic E-state index is -0.461. The van der Waals surface area contributed by atoms with Crippen molar-refractivity contribution in [3.63, 3.8) is 0 Å². The van der Waals surface area contributed by atoms with E-state index in [4.69, 9.17) is 4.74 Å². The topological polar surface area (TPSA) is 71.5 Å². The number of aromatic nitrogens is 1. The Hall–Kier alpha value is -1.62. The molecule has 16 heavy (non-hydrogen) atoms. The molecule has 1 aromatic heterocycles. The molecule has 1 heterocycles. The van der Waals surface area contributed by atoms with Crippen LogP contribution in [0.5, 0.6) is 5.75 Å². The first-order valence-corrected chi connectivity index (χ1v) is 4.90. The van der Waals surface area contributed by atoms with Crippen LogP contribution in [-0.4, -0.2) is 35.3 Å². The number of rotatable bonds is 4. The molecule has 1 rings (SSSR count). The molecule has 0 bridgehead atoms. The lowest BCUT2D eigenvalue weighted by Crippen LogP contribution is -2.46. The third-order valence-electron chi connectivity index (χ3n) is 1.94. The molecule has 5 nitrogen and oxygen atoms in total. The zero-order valence-electron chi connectivity index (χ0n) is 9.65. The van der Waals surface area contributed by atoms with E-state index >= 15 is 0 Å². The van der Waals surface area contributed by atoms with Crippen molar-refractivity contribution in [3.05, 3.63) is 24.0 Å². The molecule has 0 fully saturated rings. The molecular weight excluding hydrogens is 208 g/mol. The maximum atomic E-state index is 11.8. The number of carbonyl (C=O) groups is 1. The van der Waals surface area contributed by atoms with Gasteiger partial charge in [-0.3, -0.25) is 9.78 Å². The Morgan fingerprint density at radius 3 is 2.81 bits per heavy atom. The number of aromatic hydroxyl groups is 1. The highest BCUT2D eigenvalue weighted by Gasteiger charge is 2.21. The number of amides is 1. The number of carbonyl (C=O) groups excluding carboxylic acids is 1. The third kappa shape index (κ3) is 3.51. The molecule has 0 aliphatic carbocycles. The van der Waals surface area contributed by atoms with Gasteiger partial charge in [0.1, 0.15) is 5.75 Å². The smallest absolute Gasteiger partial charge is 0.253 e. The van der Waals surface area contributed by atoms with Gasteiger partial charge >= 0.3 is 0 Å². The van der Waals surface area contributed by atoms with Gasteiger partial charge < -0.3 is 15.2 Å². The summed E-state index contributed by atoms with van der Waals surface area (Å²) < 4.78 is 4.99. The number of hydrogen-bond donors (Lipinski definition) is 2. The quantitative estimate of drug-likeness (QED) is 0.798. The third-order valence-corrected chi connectivity index (χ3v) is 1.94. The fourth-order valence-electron chi connectivity index (χ4n) is 1.33. The maximum Gasteiger partial charge on any atom is 0.253 e. The summed E-state index contributed by atoms with van der Waals surface area (Å²) >= 11 is 0. The van der Waals surface area contributed by atoms with Crippen LogP contribution in [0.2, 0.25) is 0 Å². The fraction of sp³-hybridized carbons (Fsp3) is 0.455. The highest BCUT2D eigenvalue weighted by molar-refractivity contribution is 5.94. The van der Waals surface area contributed by atoms with Crippen molar-refractivity contribution in [2.24, 2.45) is 0 Å². The maximum absolute atomic E-state index is 11.8. The Balaban J connectivity index is 2.72. The van der Waals surface area contributed by atoms with Gasteiger partial charge in [-0.15, -0.1) is 0 Å². The zero-order valence-corrected chi connectivity index (χ0v) is 9.65. The minimum absolute atomic E-state index is 0.0304. The van der Waals surface area contributed by atoms with Crippen LogP contribution < -0.4 is 5.32 Å².